The molecule has 0 aliphatic rings. The fourth-order valence-corrected chi connectivity index (χ4v) is 4.91. The van der Waals surface area contributed by atoms with E-state index in [0.29, 0.717) is 6.42 Å². The number of hydrogen-bond donors (Lipinski definition) is 2. The second kappa shape index (κ2) is 28.5. The van der Waals surface area contributed by atoms with Crippen LogP contribution in [0.15, 0.2) is 0 Å². The Morgan fingerprint density at radius 1 is 0.444 bits per heavy atom. The molecule has 0 rings (SSSR count). The van der Waals surface area contributed by atoms with Crippen LogP contribution in [0, 0.1) is 5.41 Å². The third kappa shape index (κ3) is 24.6. The summed E-state index contributed by atoms with van der Waals surface area (Å²) in [4.78, 5) is 22.1. The van der Waals surface area contributed by atoms with Gasteiger partial charge in [-0.15, -0.1) is 0 Å². The lowest BCUT2D eigenvalue weighted by atomic mass is 9.74. The van der Waals surface area contributed by atoms with Gasteiger partial charge in [-0.25, -0.2) is 0 Å². The van der Waals surface area contributed by atoms with Crippen LogP contribution in [0.4, 0.5) is 0 Å². The van der Waals surface area contributed by atoms with Gasteiger partial charge in [-0.05, 0) is 25.7 Å². The third-order valence-corrected chi connectivity index (χ3v) is 7.47. The van der Waals surface area contributed by atoms with Crippen molar-refractivity contribution in [2.75, 3.05) is 0 Å². The van der Waals surface area contributed by atoms with Gasteiger partial charge in [-0.1, -0.05) is 156 Å². The number of rotatable bonds is 26. The van der Waals surface area contributed by atoms with Crippen LogP contribution in [0.3, 0.4) is 0 Å². The van der Waals surface area contributed by atoms with Crippen LogP contribution in [-0.2, 0) is 9.59 Å². The highest BCUT2D eigenvalue weighted by Crippen LogP contribution is 2.37. The molecule has 0 aliphatic carbocycles. The van der Waals surface area contributed by atoms with Crippen LogP contribution in [0.1, 0.15) is 188 Å². The second-order valence-electron chi connectivity index (χ2n) is 11.0. The third-order valence-electron chi connectivity index (χ3n) is 7.47. The van der Waals surface area contributed by atoms with Crippen LogP contribution in [0.5, 0.6) is 0 Å². The van der Waals surface area contributed by atoms with Crippen molar-refractivity contribution in [2.24, 2.45) is 5.41 Å². The Kier molecular flexibility index (Phi) is 29.4. The molecule has 4 heteroatoms. The molecule has 4 nitrogen and oxygen atoms in total. The molecule has 0 aromatic rings. The Balaban J connectivity index is 0. The summed E-state index contributed by atoms with van der Waals surface area (Å²) in [7, 11) is 0. The highest BCUT2D eigenvalue weighted by molar-refractivity contribution is 5.74. The number of hydrogen-bond acceptors (Lipinski definition) is 2. The summed E-state index contributed by atoms with van der Waals surface area (Å²) in [5.74, 6) is -1.20. The van der Waals surface area contributed by atoms with Gasteiger partial charge in [0.15, 0.2) is 0 Å². The molecule has 0 heterocycles. The zero-order valence-corrected chi connectivity index (χ0v) is 24.9. The van der Waals surface area contributed by atoms with E-state index in [0.717, 1.165) is 64.2 Å². The van der Waals surface area contributed by atoms with Crippen LogP contribution < -0.4 is 0 Å². The number of carboxylic acids is 2. The van der Waals surface area contributed by atoms with Gasteiger partial charge in [0.2, 0.25) is 0 Å². The molecule has 0 saturated carbocycles. The van der Waals surface area contributed by atoms with Gasteiger partial charge in [-0.3, -0.25) is 9.59 Å². The summed E-state index contributed by atoms with van der Waals surface area (Å²) in [5.41, 5.74) is -0.436. The number of carboxylic acid groups (broad SMARTS) is 2. The quantitative estimate of drug-likeness (QED) is 0.113. The molecule has 0 bridgehead atoms. The maximum Gasteiger partial charge on any atom is 0.309 e. The predicted octanol–water partition coefficient (Wildman–Crippen LogP) is 11.0. The van der Waals surface area contributed by atoms with Crippen molar-refractivity contribution in [3.63, 3.8) is 0 Å². The van der Waals surface area contributed by atoms with Gasteiger partial charge in [0, 0.05) is 6.42 Å². The molecule has 36 heavy (non-hydrogen) atoms. The van der Waals surface area contributed by atoms with Crippen molar-refractivity contribution in [3.05, 3.63) is 0 Å². The maximum absolute atomic E-state index is 11.9. The van der Waals surface area contributed by atoms with E-state index in [-0.39, 0.29) is 0 Å². The first-order chi connectivity index (χ1) is 17.4. The summed E-state index contributed by atoms with van der Waals surface area (Å²) < 4.78 is 0. The largest absolute Gasteiger partial charge is 0.481 e. The fourth-order valence-electron chi connectivity index (χ4n) is 4.91. The topological polar surface area (TPSA) is 74.6 Å². The van der Waals surface area contributed by atoms with E-state index in [9.17, 15) is 14.7 Å². The first-order valence-corrected chi connectivity index (χ1v) is 15.8. The summed E-state index contributed by atoms with van der Waals surface area (Å²) in [6.45, 7) is 8.79. The molecular weight excluding hydrogens is 448 g/mol. The van der Waals surface area contributed by atoms with Gasteiger partial charge in [0.05, 0.1) is 5.41 Å². The van der Waals surface area contributed by atoms with E-state index >= 15 is 0 Å². The van der Waals surface area contributed by atoms with Crippen molar-refractivity contribution in [1.29, 1.82) is 0 Å². The van der Waals surface area contributed by atoms with E-state index in [1.807, 2.05) is 0 Å². The summed E-state index contributed by atoms with van der Waals surface area (Å²) in [5, 5.41) is 18.2. The molecule has 0 fully saturated rings. The van der Waals surface area contributed by atoms with E-state index in [4.69, 9.17) is 5.11 Å². The average Bonchev–Trinajstić information content (AvgIpc) is 2.86. The smallest absolute Gasteiger partial charge is 0.309 e. The van der Waals surface area contributed by atoms with Crippen molar-refractivity contribution >= 4 is 11.9 Å². The molecule has 0 amide bonds. The highest BCUT2D eigenvalue weighted by Gasteiger charge is 2.36. The standard InChI is InChI=1S/C20H40O2.C12H24O2/c1-4-7-10-11-12-13-14-15-18-20(19(21)22,16-8-5-2)17-9-6-3;1-2-3-4-5-6-7-8-9-10-11-12(13)14/h4-18H2,1-3H3,(H,21,22);2-11H2,1H3,(H,13,14). The minimum atomic E-state index is -0.659. The number of carbonyl (C=O) groups is 2. The Bertz CT molecular complexity index is 467. The molecule has 0 atom stereocenters. The zero-order chi connectivity index (χ0) is 27.3. The Hall–Kier alpha value is -1.06. The molecule has 0 unspecified atom stereocenters. The van der Waals surface area contributed by atoms with Gasteiger partial charge in [-0.2, -0.15) is 0 Å². The van der Waals surface area contributed by atoms with E-state index in [1.54, 1.807) is 0 Å². The average molecular weight is 513 g/mol. The molecule has 0 saturated heterocycles. The lowest BCUT2D eigenvalue weighted by molar-refractivity contribution is -0.150. The zero-order valence-electron chi connectivity index (χ0n) is 24.9. The maximum atomic E-state index is 11.9. The molecule has 0 aromatic carbocycles. The molecule has 0 radical (unpaired) electrons. The minimum absolute atomic E-state index is 0.343. The molecule has 2 N–H and O–H groups in total. The fraction of sp³-hybridized carbons (Fsp3) is 0.938. The van der Waals surface area contributed by atoms with Gasteiger partial charge in [0.25, 0.3) is 0 Å². The second-order valence-corrected chi connectivity index (χ2v) is 11.0. The molecular formula is C32H64O4. The summed E-state index contributed by atoms with van der Waals surface area (Å²) in [6, 6.07) is 0. The van der Waals surface area contributed by atoms with E-state index in [2.05, 4.69) is 27.7 Å². The SMILES string of the molecule is CCCCCCCCCCC(CCCC)(CCCC)C(=O)O.CCCCCCCCCCCC(=O)O. The Morgan fingerprint density at radius 3 is 1.08 bits per heavy atom. The van der Waals surface area contributed by atoms with Gasteiger partial charge in [0.1, 0.15) is 0 Å². The summed E-state index contributed by atoms with van der Waals surface area (Å²) in [6.07, 6.45) is 28.7. The van der Waals surface area contributed by atoms with Crippen molar-refractivity contribution in [1.82, 2.24) is 0 Å². The first kappa shape index (κ1) is 37.1. The number of unbranched alkanes of at least 4 members (excludes halogenated alkanes) is 17. The molecule has 0 aliphatic heterocycles. The van der Waals surface area contributed by atoms with Crippen molar-refractivity contribution in [3.8, 4) is 0 Å². The van der Waals surface area contributed by atoms with Crippen molar-refractivity contribution < 1.29 is 19.8 Å². The molecule has 216 valence electrons. The van der Waals surface area contributed by atoms with Crippen LogP contribution in [-0.4, -0.2) is 22.2 Å². The van der Waals surface area contributed by atoms with E-state index in [1.165, 1.54) is 89.9 Å². The van der Waals surface area contributed by atoms with Crippen LogP contribution in [0.25, 0.3) is 0 Å². The lowest BCUT2D eigenvalue weighted by Crippen LogP contribution is -2.31. The monoisotopic (exact) mass is 512 g/mol. The number of aliphatic carboxylic acids is 2. The van der Waals surface area contributed by atoms with Crippen LogP contribution in [0.2, 0.25) is 0 Å². The van der Waals surface area contributed by atoms with E-state index < -0.39 is 17.4 Å². The van der Waals surface area contributed by atoms with Crippen molar-refractivity contribution in [2.45, 2.75) is 188 Å². The molecule has 0 aromatic heterocycles. The predicted molar refractivity (Wildman–Crippen MR) is 156 cm³/mol. The highest BCUT2D eigenvalue weighted by atomic mass is 16.4. The Labute approximate surface area is 225 Å². The van der Waals surface area contributed by atoms with Gasteiger partial charge >= 0.3 is 11.9 Å². The normalized spacial score (nSPS) is 11.2. The lowest BCUT2D eigenvalue weighted by Gasteiger charge is -2.29. The van der Waals surface area contributed by atoms with Gasteiger partial charge < -0.3 is 10.2 Å². The molecule has 0 spiro atoms. The Morgan fingerprint density at radius 2 is 0.750 bits per heavy atom. The summed E-state index contributed by atoms with van der Waals surface area (Å²) >= 11 is 0. The first-order valence-electron chi connectivity index (χ1n) is 15.8. The van der Waals surface area contributed by atoms with Crippen LogP contribution >= 0.6 is 0 Å². The minimum Gasteiger partial charge on any atom is -0.481 e.